The Bertz CT molecular complexity index is 1240. The number of nitrogens with zero attached hydrogens (tertiary/aromatic N) is 2. The number of halogens is 2. The number of benzene rings is 2. The SMILES string of the molecule is Nc1ncc(-c2ccc3[nH]cc(CN4CCCC4)c3c2)cc1OCc1c(Cl)cccc1Cl. The van der Waals surface area contributed by atoms with Crippen molar-refractivity contribution in [3.8, 4) is 16.9 Å². The molecule has 4 aromatic rings. The van der Waals surface area contributed by atoms with Crippen LogP contribution in [0.15, 0.2) is 54.9 Å². The van der Waals surface area contributed by atoms with Gasteiger partial charge in [-0.15, -0.1) is 0 Å². The predicted octanol–water partition coefficient (Wildman–Crippen LogP) is 6.29. The zero-order valence-corrected chi connectivity index (χ0v) is 19.1. The number of aromatic amines is 1. The van der Waals surface area contributed by atoms with Gasteiger partial charge in [0, 0.05) is 51.0 Å². The van der Waals surface area contributed by atoms with E-state index in [9.17, 15) is 0 Å². The van der Waals surface area contributed by atoms with Gasteiger partial charge in [0.1, 0.15) is 6.61 Å². The van der Waals surface area contributed by atoms with Crippen molar-refractivity contribution in [1.82, 2.24) is 14.9 Å². The first-order valence-corrected chi connectivity index (χ1v) is 11.5. The largest absolute Gasteiger partial charge is 0.485 e. The van der Waals surface area contributed by atoms with Crippen LogP contribution in [-0.4, -0.2) is 28.0 Å². The smallest absolute Gasteiger partial charge is 0.166 e. The molecule has 3 heterocycles. The lowest BCUT2D eigenvalue weighted by molar-refractivity contribution is 0.307. The van der Waals surface area contributed by atoms with Crippen LogP contribution in [0.2, 0.25) is 10.0 Å². The van der Waals surface area contributed by atoms with E-state index in [1.54, 1.807) is 24.4 Å². The van der Waals surface area contributed by atoms with Gasteiger partial charge in [-0.2, -0.15) is 0 Å². The van der Waals surface area contributed by atoms with Crippen molar-refractivity contribution in [1.29, 1.82) is 0 Å². The van der Waals surface area contributed by atoms with Crippen LogP contribution in [0.4, 0.5) is 5.82 Å². The summed E-state index contributed by atoms with van der Waals surface area (Å²) in [4.78, 5) is 10.3. The minimum absolute atomic E-state index is 0.213. The molecule has 2 aromatic carbocycles. The molecule has 2 aromatic heterocycles. The number of nitrogens with one attached hydrogen (secondary N) is 1. The fourth-order valence-electron chi connectivity index (χ4n) is 4.22. The average molecular weight is 467 g/mol. The second kappa shape index (κ2) is 9.02. The third kappa shape index (κ3) is 4.29. The van der Waals surface area contributed by atoms with Gasteiger partial charge in [-0.3, -0.25) is 4.90 Å². The van der Waals surface area contributed by atoms with Crippen LogP contribution in [0.1, 0.15) is 24.0 Å². The van der Waals surface area contributed by atoms with E-state index in [1.807, 2.05) is 6.07 Å². The molecule has 1 saturated heterocycles. The molecule has 7 heteroatoms. The maximum Gasteiger partial charge on any atom is 0.166 e. The first-order valence-electron chi connectivity index (χ1n) is 10.7. The summed E-state index contributed by atoms with van der Waals surface area (Å²) in [5, 5.41) is 2.35. The first-order chi connectivity index (χ1) is 15.6. The number of H-pyrrole nitrogens is 1. The summed E-state index contributed by atoms with van der Waals surface area (Å²) in [5.41, 5.74) is 11.3. The Hall–Kier alpha value is -2.73. The van der Waals surface area contributed by atoms with E-state index in [4.69, 9.17) is 33.7 Å². The lowest BCUT2D eigenvalue weighted by atomic mass is 10.0. The van der Waals surface area contributed by atoms with Crippen molar-refractivity contribution in [2.24, 2.45) is 0 Å². The van der Waals surface area contributed by atoms with E-state index in [1.165, 1.54) is 36.9 Å². The standard InChI is InChI=1S/C25H24Cl2N4O/c26-21-4-3-5-22(27)20(21)15-32-24-11-17(12-30-25(24)28)16-6-7-23-19(10-16)18(13-29-23)14-31-8-1-2-9-31/h3-7,10-13,29H,1-2,8-9,14-15H2,(H2,28,30). The molecule has 0 unspecified atom stereocenters. The van der Waals surface area contributed by atoms with Crippen molar-refractivity contribution in [2.75, 3.05) is 18.8 Å². The molecule has 0 radical (unpaired) electrons. The third-order valence-electron chi connectivity index (χ3n) is 6.01. The molecular formula is C25H24Cl2N4O. The molecule has 32 heavy (non-hydrogen) atoms. The van der Waals surface area contributed by atoms with E-state index in [2.05, 4.69) is 39.3 Å². The lowest BCUT2D eigenvalue weighted by Crippen LogP contribution is -2.17. The van der Waals surface area contributed by atoms with Crippen LogP contribution < -0.4 is 10.5 Å². The van der Waals surface area contributed by atoms with Crippen LogP contribution in [0.3, 0.4) is 0 Å². The quantitative estimate of drug-likeness (QED) is 0.350. The Morgan fingerprint density at radius 2 is 1.81 bits per heavy atom. The molecule has 0 saturated carbocycles. The van der Waals surface area contributed by atoms with Gasteiger partial charge >= 0.3 is 0 Å². The Balaban J connectivity index is 1.42. The van der Waals surface area contributed by atoms with Crippen LogP contribution in [0.25, 0.3) is 22.0 Å². The molecule has 5 rings (SSSR count). The number of hydrogen-bond acceptors (Lipinski definition) is 4. The predicted molar refractivity (Wildman–Crippen MR) is 131 cm³/mol. The maximum absolute atomic E-state index is 6.27. The molecule has 5 nitrogen and oxygen atoms in total. The lowest BCUT2D eigenvalue weighted by Gasteiger charge is -2.14. The van der Waals surface area contributed by atoms with Gasteiger partial charge in [-0.1, -0.05) is 35.3 Å². The normalized spacial score (nSPS) is 14.3. The summed E-state index contributed by atoms with van der Waals surface area (Å²) in [7, 11) is 0. The topological polar surface area (TPSA) is 67.2 Å². The summed E-state index contributed by atoms with van der Waals surface area (Å²) >= 11 is 12.5. The zero-order valence-electron chi connectivity index (χ0n) is 17.6. The van der Waals surface area contributed by atoms with Gasteiger partial charge in [0.2, 0.25) is 0 Å². The third-order valence-corrected chi connectivity index (χ3v) is 6.72. The van der Waals surface area contributed by atoms with Crippen molar-refractivity contribution in [2.45, 2.75) is 26.0 Å². The highest BCUT2D eigenvalue weighted by Gasteiger charge is 2.15. The number of nitrogens with two attached hydrogens (primary N) is 1. The second-order valence-electron chi connectivity index (χ2n) is 8.15. The first kappa shape index (κ1) is 21.1. The van der Waals surface area contributed by atoms with Crippen LogP contribution >= 0.6 is 23.2 Å². The fraction of sp³-hybridized carbons (Fsp3) is 0.240. The summed E-state index contributed by atoms with van der Waals surface area (Å²) in [6.45, 7) is 3.52. The van der Waals surface area contributed by atoms with Gasteiger partial charge in [-0.05, 0) is 67.4 Å². The van der Waals surface area contributed by atoms with E-state index in [0.29, 0.717) is 21.6 Å². The molecule has 0 atom stereocenters. The van der Waals surface area contributed by atoms with Gasteiger partial charge < -0.3 is 15.5 Å². The molecule has 0 spiro atoms. The molecule has 1 fully saturated rings. The molecule has 0 bridgehead atoms. The zero-order chi connectivity index (χ0) is 22.1. The fourth-order valence-corrected chi connectivity index (χ4v) is 4.73. The molecule has 0 aliphatic carbocycles. The Morgan fingerprint density at radius 3 is 2.59 bits per heavy atom. The van der Waals surface area contributed by atoms with E-state index >= 15 is 0 Å². The highest BCUT2D eigenvalue weighted by atomic mass is 35.5. The number of nitrogen functional groups attached to an aromatic ring is 1. The van der Waals surface area contributed by atoms with Crippen molar-refractivity contribution in [3.63, 3.8) is 0 Å². The minimum atomic E-state index is 0.213. The van der Waals surface area contributed by atoms with Crippen molar-refractivity contribution >= 4 is 39.9 Å². The number of pyridine rings is 1. The number of fused-ring (bicyclic) bond motifs is 1. The molecule has 1 aliphatic heterocycles. The van der Waals surface area contributed by atoms with Crippen LogP contribution in [-0.2, 0) is 13.2 Å². The number of anilines is 1. The Morgan fingerprint density at radius 1 is 1.03 bits per heavy atom. The molecule has 3 N–H and O–H groups in total. The van der Waals surface area contributed by atoms with E-state index in [0.717, 1.165) is 28.8 Å². The number of aromatic nitrogens is 2. The summed E-state index contributed by atoms with van der Waals surface area (Å²) < 4.78 is 5.96. The summed E-state index contributed by atoms with van der Waals surface area (Å²) in [6, 6.07) is 13.7. The van der Waals surface area contributed by atoms with Gasteiger partial charge in [0.15, 0.2) is 11.6 Å². The average Bonchev–Trinajstić information content (AvgIpc) is 3.45. The van der Waals surface area contributed by atoms with E-state index < -0.39 is 0 Å². The Kier molecular flexibility index (Phi) is 5.96. The van der Waals surface area contributed by atoms with Crippen molar-refractivity contribution in [3.05, 3.63) is 76.0 Å². The van der Waals surface area contributed by atoms with Gasteiger partial charge in [-0.25, -0.2) is 4.98 Å². The Labute approximate surface area is 197 Å². The minimum Gasteiger partial charge on any atom is -0.485 e. The van der Waals surface area contributed by atoms with Crippen LogP contribution in [0, 0.1) is 0 Å². The highest BCUT2D eigenvalue weighted by Crippen LogP contribution is 2.32. The number of ether oxygens (including phenoxy) is 1. The van der Waals surface area contributed by atoms with Crippen molar-refractivity contribution < 1.29 is 4.74 Å². The summed E-state index contributed by atoms with van der Waals surface area (Å²) in [6.07, 6.45) is 6.47. The molecule has 164 valence electrons. The number of hydrogen-bond donors (Lipinski definition) is 2. The molecule has 1 aliphatic rings. The van der Waals surface area contributed by atoms with Gasteiger partial charge in [0.25, 0.3) is 0 Å². The monoisotopic (exact) mass is 466 g/mol. The van der Waals surface area contributed by atoms with Crippen LogP contribution in [0.5, 0.6) is 5.75 Å². The number of rotatable bonds is 6. The number of likely N-dealkylation sites (tertiary alicyclic amines) is 1. The maximum atomic E-state index is 6.27. The second-order valence-corrected chi connectivity index (χ2v) is 8.97. The summed E-state index contributed by atoms with van der Waals surface area (Å²) in [5.74, 6) is 0.833. The molecule has 0 amide bonds. The van der Waals surface area contributed by atoms with E-state index in [-0.39, 0.29) is 6.61 Å². The highest BCUT2D eigenvalue weighted by molar-refractivity contribution is 6.35. The van der Waals surface area contributed by atoms with Gasteiger partial charge in [0.05, 0.1) is 0 Å². The molecular weight excluding hydrogens is 443 g/mol.